The van der Waals surface area contributed by atoms with Gasteiger partial charge in [-0.3, -0.25) is 0 Å². The van der Waals surface area contributed by atoms with E-state index in [2.05, 4.69) is 59.5 Å². The molecule has 1 aromatic carbocycles. The second-order valence-electron chi connectivity index (χ2n) is 4.18. The van der Waals surface area contributed by atoms with Gasteiger partial charge in [0.2, 0.25) is 0 Å². The number of amidine groups is 1. The van der Waals surface area contributed by atoms with Gasteiger partial charge in [0, 0.05) is 18.8 Å². The van der Waals surface area contributed by atoms with Crippen LogP contribution in [0.2, 0.25) is 0 Å². The Kier molecular flexibility index (Phi) is 3.81. The molecule has 0 spiro atoms. The molecular weight excluding hydrogens is 210 g/mol. The third-order valence-electron chi connectivity index (χ3n) is 2.94. The first kappa shape index (κ1) is 11.7. The maximum atomic E-state index is 4.49. The van der Waals surface area contributed by atoms with E-state index in [1.165, 1.54) is 5.56 Å². The van der Waals surface area contributed by atoms with E-state index in [9.17, 15) is 0 Å². The molecule has 17 heavy (non-hydrogen) atoms. The highest BCUT2D eigenvalue weighted by atomic mass is 15.2. The van der Waals surface area contributed by atoms with E-state index in [4.69, 9.17) is 0 Å². The number of rotatable bonds is 3. The maximum absolute atomic E-state index is 4.49. The Bertz CT molecular complexity index is 409. The minimum atomic E-state index is 0.285. The predicted molar refractivity (Wildman–Crippen MR) is 71.8 cm³/mol. The molecule has 1 aliphatic heterocycles. The van der Waals surface area contributed by atoms with Crippen molar-refractivity contribution in [1.82, 2.24) is 10.2 Å². The van der Waals surface area contributed by atoms with Crippen LogP contribution in [0.25, 0.3) is 0 Å². The molecule has 3 heteroatoms. The highest BCUT2D eigenvalue weighted by Gasteiger charge is 2.08. The molecule has 2 rings (SSSR count). The molecule has 0 bridgehead atoms. The summed E-state index contributed by atoms with van der Waals surface area (Å²) in [6.07, 6.45) is 4.12. The SMILES string of the molecule is CCN1C=CC(NC(C)c2ccccc2)=NC1. The van der Waals surface area contributed by atoms with Crippen LogP contribution in [0.3, 0.4) is 0 Å². The van der Waals surface area contributed by atoms with Gasteiger partial charge in [0.25, 0.3) is 0 Å². The highest BCUT2D eigenvalue weighted by molar-refractivity contribution is 5.93. The minimum absolute atomic E-state index is 0.285. The zero-order valence-electron chi connectivity index (χ0n) is 10.4. The normalized spacial score (nSPS) is 16.6. The smallest absolute Gasteiger partial charge is 0.124 e. The van der Waals surface area contributed by atoms with Gasteiger partial charge in [-0.1, -0.05) is 30.3 Å². The van der Waals surface area contributed by atoms with Gasteiger partial charge >= 0.3 is 0 Å². The van der Waals surface area contributed by atoms with E-state index in [1.807, 2.05) is 12.1 Å². The Morgan fingerprint density at radius 1 is 1.35 bits per heavy atom. The number of benzene rings is 1. The second kappa shape index (κ2) is 5.53. The summed E-state index contributed by atoms with van der Waals surface area (Å²) in [5, 5.41) is 3.42. The van der Waals surface area contributed by atoms with Gasteiger partial charge in [-0.05, 0) is 25.5 Å². The fourth-order valence-corrected chi connectivity index (χ4v) is 1.79. The fourth-order valence-electron chi connectivity index (χ4n) is 1.79. The van der Waals surface area contributed by atoms with Crippen LogP contribution in [0.5, 0.6) is 0 Å². The van der Waals surface area contributed by atoms with E-state index in [1.54, 1.807) is 0 Å². The van der Waals surface area contributed by atoms with Gasteiger partial charge in [-0.15, -0.1) is 0 Å². The van der Waals surface area contributed by atoms with Crippen LogP contribution in [-0.2, 0) is 0 Å². The van der Waals surface area contributed by atoms with Gasteiger partial charge in [0.1, 0.15) is 12.5 Å². The second-order valence-corrected chi connectivity index (χ2v) is 4.18. The zero-order chi connectivity index (χ0) is 12.1. The van der Waals surface area contributed by atoms with Gasteiger partial charge in [0.05, 0.1) is 0 Å². The summed E-state index contributed by atoms with van der Waals surface area (Å²) in [7, 11) is 0. The van der Waals surface area contributed by atoms with Crippen LogP contribution in [0, 0.1) is 0 Å². The van der Waals surface area contributed by atoms with Crippen molar-refractivity contribution in [3.05, 3.63) is 48.2 Å². The topological polar surface area (TPSA) is 27.6 Å². The van der Waals surface area contributed by atoms with E-state index in [-0.39, 0.29) is 6.04 Å². The van der Waals surface area contributed by atoms with E-state index in [0.717, 1.165) is 19.0 Å². The number of hydrogen-bond donors (Lipinski definition) is 1. The highest BCUT2D eigenvalue weighted by Crippen LogP contribution is 2.11. The number of nitrogens with zero attached hydrogens (tertiary/aromatic N) is 2. The zero-order valence-corrected chi connectivity index (χ0v) is 10.4. The molecule has 0 amide bonds. The molecule has 0 saturated carbocycles. The summed E-state index contributed by atoms with van der Waals surface area (Å²) >= 11 is 0. The number of hydrogen-bond acceptors (Lipinski definition) is 3. The lowest BCUT2D eigenvalue weighted by atomic mass is 10.1. The Morgan fingerprint density at radius 2 is 2.12 bits per heavy atom. The molecule has 1 heterocycles. The number of aliphatic imine (C=N–C) groups is 1. The third-order valence-corrected chi connectivity index (χ3v) is 2.94. The summed E-state index contributed by atoms with van der Waals surface area (Å²) < 4.78 is 0. The molecule has 0 radical (unpaired) electrons. The molecule has 1 unspecified atom stereocenters. The largest absolute Gasteiger partial charge is 0.364 e. The average Bonchev–Trinajstić information content (AvgIpc) is 2.40. The van der Waals surface area contributed by atoms with E-state index < -0.39 is 0 Å². The van der Waals surface area contributed by atoms with Crippen molar-refractivity contribution in [2.24, 2.45) is 4.99 Å². The molecule has 90 valence electrons. The molecule has 0 fully saturated rings. The van der Waals surface area contributed by atoms with E-state index in [0.29, 0.717) is 0 Å². The minimum Gasteiger partial charge on any atom is -0.364 e. The molecule has 1 atom stereocenters. The first-order valence-electron chi connectivity index (χ1n) is 6.07. The van der Waals surface area contributed by atoms with Crippen molar-refractivity contribution in [3.63, 3.8) is 0 Å². The van der Waals surface area contributed by atoms with Gasteiger partial charge < -0.3 is 10.2 Å². The van der Waals surface area contributed by atoms with Gasteiger partial charge in [-0.25, -0.2) is 4.99 Å². The van der Waals surface area contributed by atoms with Crippen LogP contribution >= 0.6 is 0 Å². The fraction of sp³-hybridized carbons (Fsp3) is 0.357. The maximum Gasteiger partial charge on any atom is 0.124 e. The van der Waals surface area contributed by atoms with Gasteiger partial charge in [0.15, 0.2) is 0 Å². The quantitative estimate of drug-likeness (QED) is 0.862. The molecule has 1 N–H and O–H groups in total. The lowest BCUT2D eigenvalue weighted by molar-refractivity contribution is 0.404. The van der Waals surface area contributed by atoms with E-state index >= 15 is 0 Å². The van der Waals surface area contributed by atoms with Crippen molar-refractivity contribution in [2.75, 3.05) is 13.2 Å². The third kappa shape index (κ3) is 3.09. The molecular formula is C14H19N3. The Labute approximate surface area is 103 Å². The Hall–Kier alpha value is -1.77. The summed E-state index contributed by atoms with van der Waals surface area (Å²) in [6, 6.07) is 10.7. The lowest BCUT2D eigenvalue weighted by Gasteiger charge is -2.22. The van der Waals surface area contributed by atoms with Crippen molar-refractivity contribution < 1.29 is 0 Å². The lowest BCUT2D eigenvalue weighted by Crippen LogP contribution is -2.30. The average molecular weight is 229 g/mol. The van der Waals surface area contributed by atoms with Crippen LogP contribution in [0.15, 0.2) is 47.6 Å². The molecule has 0 aromatic heterocycles. The van der Waals surface area contributed by atoms with Crippen molar-refractivity contribution in [3.8, 4) is 0 Å². The molecule has 3 nitrogen and oxygen atoms in total. The van der Waals surface area contributed by atoms with Crippen LogP contribution in [0.1, 0.15) is 25.5 Å². The summed E-state index contributed by atoms with van der Waals surface area (Å²) in [5.41, 5.74) is 1.28. The number of nitrogens with one attached hydrogen (secondary N) is 1. The molecule has 0 saturated heterocycles. The first-order chi connectivity index (χ1) is 8.29. The van der Waals surface area contributed by atoms with Gasteiger partial charge in [-0.2, -0.15) is 0 Å². The summed E-state index contributed by atoms with van der Waals surface area (Å²) in [6.45, 7) is 6.03. The predicted octanol–water partition coefficient (Wildman–Crippen LogP) is 2.54. The monoisotopic (exact) mass is 229 g/mol. The molecule has 1 aliphatic rings. The van der Waals surface area contributed by atoms with Crippen LogP contribution < -0.4 is 5.32 Å². The van der Waals surface area contributed by atoms with Crippen molar-refractivity contribution in [2.45, 2.75) is 19.9 Å². The summed E-state index contributed by atoms with van der Waals surface area (Å²) in [4.78, 5) is 6.66. The van der Waals surface area contributed by atoms with Crippen molar-refractivity contribution >= 4 is 5.84 Å². The Morgan fingerprint density at radius 3 is 2.71 bits per heavy atom. The standard InChI is InChI=1S/C14H19N3/c1-3-17-10-9-14(15-11-17)16-12(2)13-7-5-4-6-8-13/h4-10,12H,3,11H2,1-2H3,(H,15,16). The molecule has 1 aromatic rings. The Balaban J connectivity index is 1.95. The first-order valence-corrected chi connectivity index (χ1v) is 6.07. The van der Waals surface area contributed by atoms with Crippen molar-refractivity contribution in [1.29, 1.82) is 0 Å². The summed E-state index contributed by atoms with van der Waals surface area (Å²) in [5.74, 6) is 0.964. The molecule has 0 aliphatic carbocycles. The van der Waals surface area contributed by atoms with Crippen LogP contribution in [-0.4, -0.2) is 23.9 Å². The van der Waals surface area contributed by atoms with Crippen LogP contribution in [0.4, 0.5) is 0 Å².